The number of rotatable bonds is 2. The molecule has 0 saturated heterocycles. The summed E-state index contributed by atoms with van der Waals surface area (Å²) < 4.78 is 12.7. The Kier molecular flexibility index (Phi) is 2.59. The predicted molar refractivity (Wildman–Crippen MR) is 41.4 cm³/mol. The number of pyridine rings is 1. The van der Waals surface area contributed by atoms with Gasteiger partial charge in [0.05, 0.1) is 5.56 Å². The largest absolute Gasteiger partial charge is 0.298 e. The lowest BCUT2D eigenvalue weighted by atomic mass is 10.3. The van der Waals surface area contributed by atoms with Crippen LogP contribution in [0.1, 0.15) is 10.4 Å². The van der Waals surface area contributed by atoms with Gasteiger partial charge in [-0.05, 0) is 12.3 Å². The van der Waals surface area contributed by atoms with Gasteiger partial charge in [-0.3, -0.25) is 4.79 Å². The Morgan fingerprint density at radius 3 is 2.91 bits per heavy atom. The quantitative estimate of drug-likeness (QED) is 0.386. The second-order valence-corrected chi connectivity index (χ2v) is 2.68. The topological polar surface area (TPSA) is 30.0 Å². The molecule has 0 aliphatic heterocycles. The van der Waals surface area contributed by atoms with Crippen LogP contribution in [0.25, 0.3) is 0 Å². The van der Waals surface area contributed by atoms with E-state index in [1.54, 1.807) is 12.3 Å². The van der Waals surface area contributed by atoms with Crippen molar-refractivity contribution in [2.24, 2.45) is 0 Å². The maximum atomic E-state index is 12.7. The number of nitrogens with zero attached hydrogens (tertiary/aromatic N) is 1. The molecule has 0 aromatic carbocycles. The Morgan fingerprint density at radius 2 is 2.45 bits per heavy atom. The molecule has 0 fully saturated rings. The van der Waals surface area contributed by atoms with E-state index < -0.39 is 5.95 Å². The Hall–Kier alpha value is -0.900. The first kappa shape index (κ1) is 8.20. The molecule has 58 valence electrons. The highest BCUT2D eigenvalue weighted by atomic mass is 32.2. The molecule has 1 rings (SSSR count). The SMILES string of the molecule is CSc1ccnc(F)c1C=O. The molecule has 0 saturated carbocycles. The number of hydrogen-bond donors (Lipinski definition) is 0. The molecule has 0 bridgehead atoms. The van der Waals surface area contributed by atoms with Crippen molar-refractivity contribution in [3.63, 3.8) is 0 Å². The zero-order chi connectivity index (χ0) is 8.27. The van der Waals surface area contributed by atoms with E-state index in [2.05, 4.69) is 4.98 Å². The van der Waals surface area contributed by atoms with Crippen molar-refractivity contribution in [3.05, 3.63) is 23.8 Å². The average Bonchev–Trinajstić information content (AvgIpc) is 2.04. The van der Waals surface area contributed by atoms with Crippen LogP contribution < -0.4 is 0 Å². The summed E-state index contributed by atoms with van der Waals surface area (Å²) in [6.07, 6.45) is 3.60. The van der Waals surface area contributed by atoms with Gasteiger partial charge in [-0.2, -0.15) is 4.39 Å². The van der Waals surface area contributed by atoms with Crippen molar-refractivity contribution in [1.82, 2.24) is 4.98 Å². The van der Waals surface area contributed by atoms with E-state index in [0.29, 0.717) is 11.2 Å². The summed E-state index contributed by atoms with van der Waals surface area (Å²) in [6, 6.07) is 1.61. The first-order valence-electron chi connectivity index (χ1n) is 2.93. The zero-order valence-corrected chi connectivity index (χ0v) is 6.69. The summed E-state index contributed by atoms with van der Waals surface area (Å²) in [4.78, 5) is 14.3. The van der Waals surface area contributed by atoms with Crippen molar-refractivity contribution in [2.75, 3.05) is 6.26 Å². The normalized spacial score (nSPS) is 9.64. The van der Waals surface area contributed by atoms with Gasteiger partial charge in [-0.1, -0.05) is 0 Å². The highest BCUT2D eigenvalue weighted by molar-refractivity contribution is 7.98. The molecular weight excluding hydrogens is 165 g/mol. The highest BCUT2D eigenvalue weighted by Crippen LogP contribution is 2.18. The van der Waals surface area contributed by atoms with Crippen molar-refractivity contribution < 1.29 is 9.18 Å². The maximum absolute atomic E-state index is 12.7. The van der Waals surface area contributed by atoms with Crippen LogP contribution in [-0.4, -0.2) is 17.5 Å². The number of carbonyl (C=O) groups excluding carboxylic acids is 1. The fraction of sp³-hybridized carbons (Fsp3) is 0.143. The van der Waals surface area contributed by atoms with E-state index in [9.17, 15) is 9.18 Å². The van der Waals surface area contributed by atoms with Crippen molar-refractivity contribution >= 4 is 18.0 Å². The van der Waals surface area contributed by atoms with Crippen LogP contribution in [0.15, 0.2) is 17.2 Å². The fourth-order valence-corrected chi connectivity index (χ4v) is 1.27. The monoisotopic (exact) mass is 171 g/mol. The first-order chi connectivity index (χ1) is 5.29. The molecule has 0 amide bonds. The van der Waals surface area contributed by atoms with E-state index in [-0.39, 0.29) is 5.56 Å². The molecule has 0 radical (unpaired) electrons. The highest BCUT2D eigenvalue weighted by Gasteiger charge is 2.06. The number of thioether (sulfide) groups is 1. The van der Waals surface area contributed by atoms with Gasteiger partial charge in [0.15, 0.2) is 6.29 Å². The van der Waals surface area contributed by atoms with E-state index >= 15 is 0 Å². The molecule has 1 aromatic heterocycles. The van der Waals surface area contributed by atoms with Crippen LogP contribution in [0.3, 0.4) is 0 Å². The molecule has 1 heterocycles. The summed E-state index contributed by atoms with van der Waals surface area (Å²) in [5.41, 5.74) is 0.0417. The van der Waals surface area contributed by atoms with E-state index in [4.69, 9.17) is 0 Å². The average molecular weight is 171 g/mol. The molecule has 0 N–H and O–H groups in total. The summed E-state index contributed by atoms with van der Waals surface area (Å²) >= 11 is 1.32. The van der Waals surface area contributed by atoms with Crippen LogP contribution >= 0.6 is 11.8 Å². The Balaban J connectivity index is 3.24. The van der Waals surface area contributed by atoms with Crippen LogP contribution in [-0.2, 0) is 0 Å². The van der Waals surface area contributed by atoms with Crippen LogP contribution in [0.2, 0.25) is 0 Å². The lowest BCUT2D eigenvalue weighted by Crippen LogP contribution is -1.93. The summed E-state index contributed by atoms with van der Waals surface area (Å²) in [5, 5.41) is 0. The molecule has 0 aliphatic carbocycles. The third-order valence-electron chi connectivity index (χ3n) is 1.24. The van der Waals surface area contributed by atoms with Crippen molar-refractivity contribution in [3.8, 4) is 0 Å². The molecule has 0 unspecified atom stereocenters. The molecule has 0 aliphatic rings. The number of hydrogen-bond acceptors (Lipinski definition) is 3. The molecule has 0 spiro atoms. The molecule has 0 atom stereocenters. The van der Waals surface area contributed by atoms with Crippen LogP contribution in [0.4, 0.5) is 4.39 Å². The van der Waals surface area contributed by atoms with E-state index in [0.717, 1.165) is 0 Å². The second kappa shape index (κ2) is 3.48. The van der Waals surface area contributed by atoms with Crippen molar-refractivity contribution in [1.29, 1.82) is 0 Å². The number of aldehydes is 1. The van der Waals surface area contributed by atoms with Crippen molar-refractivity contribution in [2.45, 2.75) is 4.90 Å². The molecular formula is C7H6FNOS. The summed E-state index contributed by atoms with van der Waals surface area (Å²) in [7, 11) is 0. The maximum Gasteiger partial charge on any atom is 0.224 e. The second-order valence-electron chi connectivity index (χ2n) is 1.84. The third kappa shape index (κ3) is 1.57. The Labute approximate surface area is 67.8 Å². The standard InChI is InChI=1S/C7H6FNOS/c1-11-6-2-3-9-7(8)5(6)4-10/h2-4H,1H3. The van der Waals surface area contributed by atoms with Gasteiger partial charge in [-0.25, -0.2) is 4.98 Å². The Morgan fingerprint density at radius 1 is 1.73 bits per heavy atom. The van der Waals surface area contributed by atoms with Gasteiger partial charge in [0.1, 0.15) is 0 Å². The minimum atomic E-state index is -0.702. The minimum Gasteiger partial charge on any atom is -0.298 e. The van der Waals surface area contributed by atoms with E-state index in [1.807, 2.05) is 0 Å². The first-order valence-corrected chi connectivity index (χ1v) is 4.15. The number of halogens is 1. The zero-order valence-electron chi connectivity index (χ0n) is 5.87. The van der Waals surface area contributed by atoms with Crippen LogP contribution in [0.5, 0.6) is 0 Å². The van der Waals surface area contributed by atoms with Crippen LogP contribution in [0, 0.1) is 5.95 Å². The lowest BCUT2D eigenvalue weighted by Gasteiger charge is -1.98. The van der Waals surface area contributed by atoms with Gasteiger partial charge in [-0.15, -0.1) is 11.8 Å². The number of carbonyl (C=O) groups is 1. The minimum absolute atomic E-state index is 0.0417. The van der Waals surface area contributed by atoms with Gasteiger partial charge in [0.25, 0.3) is 0 Å². The summed E-state index contributed by atoms with van der Waals surface area (Å²) in [5.74, 6) is -0.702. The molecule has 1 aromatic rings. The van der Waals surface area contributed by atoms with Gasteiger partial charge in [0, 0.05) is 11.1 Å². The lowest BCUT2D eigenvalue weighted by molar-refractivity contribution is 0.111. The third-order valence-corrected chi connectivity index (χ3v) is 2.04. The fourth-order valence-electron chi connectivity index (χ4n) is 0.716. The Bertz CT molecular complexity index is 277. The van der Waals surface area contributed by atoms with E-state index in [1.165, 1.54) is 18.0 Å². The molecule has 4 heteroatoms. The summed E-state index contributed by atoms with van der Waals surface area (Å²) in [6.45, 7) is 0. The predicted octanol–water partition coefficient (Wildman–Crippen LogP) is 1.76. The molecule has 2 nitrogen and oxygen atoms in total. The molecule has 11 heavy (non-hydrogen) atoms. The van der Waals surface area contributed by atoms with Gasteiger partial charge < -0.3 is 0 Å². The van der Waals surface area contributed by atoms with Gasteiger partial charge >= 0.3 is 0 Å². The smallest absolute Gasteiger partial charge is 0.224 e. The number of aromatic nitrogens is 1. The van der Waals surface area contributed by atoms with Gasteiger partial charge in [0.2, 0.25) is 5.95 Å².